The fraction of sp³-hybridized carbons (Fsp3) is 0.727. The van der Waals surface area contributed by atoms with Crippen molar-refractivity contribution in [1.29, 1.82) is 0 Å². The molecule has 1 aromatic heterocycles. The molecular weight excluding hydrogens is 282 g/mol. The first-order valence-corrected chi connectivity index (χ1v) is 8.40. The zero-order valence-electron chi connectivity index (χ0n) is 11.4. The largest absolute Gasteiger partial charge is 0.333 e. The van der Waals surface area contributed by atoms with E-state index in [9.17, 15) is 13.2 Å². The lowest BCUT2D eigenvalue weighted by Gasteiger charge is -2.25. The fourth-order valence-electron chi connectivity index (χ4n) is 2.37. The minimum atomic E-state index is -3.02. The van der Waals surface area contributed by atoms with E-state index in [4.69, 9.17) is 5.73 Å². The molecule has 1 unspecified atom stereocenters. The lowest BCUT2D eigenvalue weighted by molar-refractivity contribution is 0.0702. The van der Waals surface area contributed by atoms with Crippen molar-refractivity contribution in [3.63, 3.8) is 0 Å². The van der Waals surface area contributed by atoms with Gasteiger partial charge in [-0.1, -0.05) is 5.21 Å². The van der Waals surface area contributed by atoms with Crippen LogP contribution in [0.1, 0.15) is 23.8 Å². The van der Waals surface area contributed by atoms with E-state index in [1.54, 1.807) is 11.1 Å². The van der Waals surface area contributed by atoms with E-state index in [0.29, 0.717) is 26.1 Å². The number of hydrogen-bond donors (Lipinski definition) is 1. The molecular formula is C11H19N5O3S. The monoisotopic (exact) mass is 301 g/mol. The maximum absolute atomic E-state index is 12.4. The molecule has 20 heavy (non-hydrogen) atoms. The SMILES string of the molecule is CCN(C(=O)c1cn(CCN)nn1)C1CCS(=O)(=O)C1. The van der Waals surface area contributed by atoms with E-state index in [-0.39, 0.29) is 29.1 Å². The van der Waals surface area contributed by atoms with Crippen LogP contribution < -0.4 is 5.73 Å². The highest BCUT2D eigenvalue weighted by atomic mass is 32.2. The van der Waals surface area contributed by atoms with Crippen molar-refractivity contribution in [2.45, 2.75) is 25.9 Å². The molecule has 0 aliphatic carbocycles. The molecule has 112 valence electrons. The summed E-state index contributed by atoms with van der Waals surface area (Å²) in [6.45, 7) is 3.18. The summed E-state index contributed by atoms with van der Waals surface area (Å²) in [5.41, 5.74) is 5.64. The van der Waals surface area contributed by atoms with Crippen molar-refractivity contribution in [2.24, 2.45) is 5.73 Å². The summed E-state index contributed by atoms with van der Waals surface area (Å²) < 4.78 is 24.6. The summed E-state index contributed by atoms with van der Waals surface area (Å²) in [6, 6.07) is -0.267. The Bertz CT molecular complexity index is 583. The first-order chi connectivity index (χ1) is 9.46. The first kappa shape index (κ1) is 14.9. The van der Waals surface area contributed by atoms with Crippen molar-refractivity contribution in [1.82, 2.24) is 19.9 Å². The van der Waals surface area contributed by atoms with Crippen LogP contribution in [-0.4, -0.2) is 64.9 Å². The van der Waals surface area contributed by atoms with Crippen molar-refractivity contribution < 1.29 is 13.2 Å². The van der Waals surface area contributed by atoms with Gasteiger partial charge >= 0.3 is 0 Å². The number of aromatic nitrogens is 3. The second kappa shape index (κ2) is 5.88. The van der Waals surface area contributed by atoms with E-state index in [1.165, 1.54) is 4.68 Å². The Morgan fingerprint density at radius 2 is 2.35 bits per heavy atom. The van der Waals surface area contributed by atoms with Crippen LogP contribution in [0.3, 0.4) is 0 Å². The van der Waals surface area contributed by atoms with Gasteiger partial charge in [-0.2, -0.15) is 0 Å². The Morgan fingerprint density at radius 3 is 2.90 bits per heavy atom. The molecule has 0 bridgehead atoms. The molecule has 0 radical (unpaired) electrons. The third-order valence-electron chi connectivity index (χ3n) is 3.37. The van der Waals surface area contributed by atoms with Crippen molar-refractivity contribution >= 4 is 15.7 Å². The molecule has 1 atom stereocenters. The Labute approximate surface area is 117 Å². The number of carbonyl (C=O) groups excluding carboxylic acids is 1. The molecule has 1 aromatic rings. The molecule has 9 heteroatoms. The van der Waals surface area contributed by atoms with Crippen molar-refractivity contribution in [2.75, 3.05) is 24.6 Å². The van der Waals surface area contributed by atoms with Gasteiger partial charge in [0, 0.05) is 19.1 Å². The maximum atomic E-state index is 12.4. The van der Waals surface area contributed by atoms with Crippen LogP contribution >= 0.6 is 0 Å². The second-order valence-electron chi connectivity index (χ2n) is 4.80. The predicted octanol–water partition coefficient (Wildman–Crippen LogP) is -1.11. The Kier molecular flexibility index (Phi) is 4.39. The summed E-state index contributed by atoms with van der Waals surface area (Å²) >= 11 is 0. The molecule has 1 fully saturated rings. The summed E-state index contributed by atoms with van der Waals surface area (Å²) in [5, 5.41) is 7.65. The number of rotatable bonds is 5. The molecule has 1 saturated heterocycles. The Balaban J connectivity index is 2.12. The van der Waals surface area contributed by atoms with Crippen LogP contribution in [-0.2, 0) is 16.4 Å². The molecule has 1 amide bonds. The quantitative estimate of drug-likeness (QED) is 0.738. The maximum Gasteiger partial charge on any atom is 0.276 e. The highest BCUT2D eigenvalue weighted by molar-refractivity contribution is 7.91. The zero-order chi connectivity index (χ0) is 14.8. The highest BCUT2D eigenvalue weighted by Gasteiger charge is 2.34. The number of amides is 1. The smallest absolute Gasteiger partial charge is 0.276 e. The molecule has 8 nitrogen and oxygen atoms in total. The minimum absolute atomic E-state index is 0.0313. The molecule has 1 aliphatic rings. The average Bonchev–Trinajstić information content (AvgIpc) is 2.98. The van der Waals surface area contributed by atoms with E-state index >= 15 is 0 Å². The van der Waals surface area contributed by atoms with Gasteiger partial charge in [-0.3, -0.25) is 9.48 Å². The van der Waals surface area contributed by atoms with Gasteiger partial charge in [0.2, 0.25) is 0 Å². The van der Waals surface area contributed by atoms with Crippen LogP contribution in [0.15, 0.2) is 6.20 Å². The first-order valence-electron chi connectivity index (χ1n) is 6.58. The lowest BCUT2D eigenvalue weighted by atomic mass is 10.2. The lowest BCUT2D eigenvalue weighted by Crippen LogP contribution is -2.41. The third kappa shape index (κ3) is 3.15. The number of carbonyl (C=O) groups is 1. The summed E-state index contributed by atoms with van der Waals surface area (Å²) in [6.07, 6.45) is 2.03. The number of sulfone groups is 1. The summed E-state index contributed by atoms with van der Waals surface area (Å²) in [5.74, 6) is -0.108. The zero-order valence-corrected chi connectivity index (χ0v) is 12.2. The fourth-order valence-corrected chi connectivity index (χ4v) is 4.10. The molecule has 0 saturated carbocycles. The van der Waals surface area contributed by atoms with Gasteiger partial charge in [0.1, 0.15) is 0 Å². The van der Waals surface area contributed by atoms with Gasteiger partial charge in [0.15, 0.2) is 15.5 Å². The van der Waals surface area contributed by atoms with Crippen LogP contribution in [0.25, 0.3) is 0 Å². The van der Waals surface area contributed by atoms with Crippen LogP contribution in [0.4, 0.5) is 0 Å². The van der Waals surface area contributed by atoms with Gasteiger partial charge in [-0.15, -0.1) is 5.10 Å². The Morgan fingerprint density at radius 1 is 1.60 bits per heavy atom. The predicted molar refractivity (Wildman–Crippen MR) is 72.8 cm³/mol. The summed E-state index contributed by atoms with van der Waals surface area (Å²) in [4.78, 5) is 13.9. The average molecular weight is 301 g/mol. The second-order valence-corrected chi connectivity index (χ2v) is 7.03. The number of nitrogens with zero attached hydrogens (tertiary/aromatic N) is 4. The molecule has 0 aromatic carbocycles. The molecule has 2 heterocycles. The van der Waals surface area contributed by atoms with E-state index in [2.05, 4.69) is 10.3 Å². The van der Waals surface area contributed by atoms with E-state index in [0.717, 1.165) is 0 Å². The van der Waals surface area contributed by atoms with Gasteiger partial charge in [-0.05, 0) is 13.3 Å². The highest BCUT2D eigenvalue weighted by Crippen LogP contribution is 2.19. The van der Waals surface area contributed by atoms with Gasteiger partial charge in [0.05, 0.1) is 24.2 Å². The van der Waals surface area contributed by atoms with Crippen molar-refractivity contribution in [3.8, 4) is 0 Å². The minimum Gasteiger partial charge on any atom is -0.333 e. The van der Waals surface area contributed by atoms with Crippen LogP contribution in [0.5, 0.6) is 0 Å². The van der Waals surface area contributed by atoms with Gasteiger partial charge in [-0.25, -0.2) is 8.42 Å². The molecule has 0 spiro atoms. The van der Waals surface area contributed by atoms with Crippen LogP contribution in [0, 0.1) is 0 Å². The Hall–Kier alpha value is -1.48. The summed E-state index contributed by atoms with van der Waals surface area (Å²) in [7, 11) is -3.02. The van der Waals surface area contributed by atoms with Crippen LogP contribution in [0.2, 0.25) is 0 Å². The molecule has 2 rings (SSSR count). The number of hydrogen-bond acceptors (Lipinski definition) is 6. The van der Waals surface area contributed by atoms with E-state index < -0.39 is 9.84 Å². The third-order valence-corrected chi connectivity index (χ3v) is 5.12. The normalized spacial score (nSPS) is 21.0. The molecule has 1 aliphatic heterocycles. The van der Waals surface area contributed by atoms with Crippen molar-refractivity contribution in [3.05, 3.63) is 11.9 Å². The van der Waals surface area contributed by atoms with E-state index in [1.807, 2.05) is 6.92 Å². The van der Waals surface area contributed by atoms with Gasteiger partial charge < -0.3 is 10.6 Å². The van der Waals surface area contributed by atoms with Gasteiger partial charge in [0.25, 0.3) is 5.91 Å². The molecule has 2 N–H and O–H groups in total. The number of nitrogens with two attached hydrogens (primary N) is 1. The topological polar surface area (TPSA) is 111 Å². The standard InChI is InChI=1S/C11H19N5O3S/c1-2-16(9-3-6-20(18,19)8-9)11(17)10-7-15(5-4-12)14-13-10/h7,9H,2-6,8,12H2,1H3.